The molecule has 7 heteroatoms. The third-order valence-electron chi connectivity index (χ3n) is 5.33. The molecule has 1 saturated carbocycles. The normalized spacial score (nSPS) is 21.8. The van der Waals surface area contributed by atoms with E-state index in [2.05, 4.69) is 41.3 Å². The van der Waals surface area contributed by atoms with E-state index in [-0.39, 0.29) is 24.0 Å². The number of guanidine groups is 1. The number of likely N-dealkylation sites (tertiary alicyclic amines) is 1. The highest BCUT2D eigenvalue weighted by molar-refractivity contribution is 14.0. The Morgan fingerprint density at radius 2 is 2.04 bits per heavy atom. The van der Waals surface area contributed by atoms with E-state index < -0.39 is 0 Å². The summed E-state index contributed by atoms with van der Waals surface area (Å²) >= 11 is 1.75. The molecule has 2 fully saturated rings. The van der Waals surface area contributed by atoms with Crippen LogP contribution in [-0.4, -0.2) is 48.1 Å². The van der Waals surface area contributed by atoms with Gasteiger partial charge in [-0.1, -0.05) is 12.8 Å². The predicted octanol–water partition coefficient (Wildman–Crippen LogP) is 3.70. The van der Waals surface area contributed by atoms with Crippen molar-refractivity contribution in [1.29, 1.82) is 0 Å². The van der Waals surface area contributed by atoms with Gasteiger partial charge in [-0.25, -0.2) is 9.98 Å². The monoisotopic (exact) mass is 491 g/mol. The number of thiazole rings is 1. The number of hydrogen-bond donors (Lipinski definition) is 2. The van der Waals surface area contributed by atoms with Crippen LogP contribution in [0.3, 0.4) is 0 Å². The molecule has 0 aromatic carbocycles. The fourth-order valence-electron chi connectivity index (χ4n) is 4.06. The number of aliphatic imine (C=N–C) groups is 1. The maximum Gasteiger partial charge on any atom is 0.191 e. The number of aromatic nitrogens is 1. The van der Waals surface area contributed by atoms with E-state index in [1.165, 1.54) is 50.1 Å². The van der Waals surface area contributed by atoms with Crippen molar-refractivity contribution in [3.05, 3.63) is 15.6 Å². The molecule has 2 heterocycles. The molecule has 5 nitrogen and oxygen atoms in total. The topological polar surface area (TPSA) is 52.6 Å². The molecule has 0 spiro atoms. The van der Waals surface area contributed by atoms with Gasteiger partial charge in [-0.15, -0.1) is 35.3 Å². The number of rotatable bonds is 6. The fraction of sp³-hybridized carbons (Fsp3) is 0.789. The van der Waals surface area contributed by atoms with Crippen LogP contribution in [0, 0.1) is 19.8 Å². The van der Waals surface area contributed by atoms with E-state index in [0.717, 1.165) is 35.7 Å². The van der Waals surface area contributed by atoms with Crippen LogP contribution in [0.2, 0.25) is 0 Å². The van der Waals surface area contributed by atoms with E-state index in [0.29, 0.717) is 12.6 Å². The summed E-state index contributed by atoms with van der Waals surface area (Å²) in [6.45, 7) is 11.5. The van der Waals surface area contributed by atoms with Crippen molar-refractivity contribution in [1.82, 2.24) is 20.5 Å². The van der Waals surface area contributed by atoms with Crippen LogP contribution in [0.15, 0.2) is 4.99 Å². The van der Waals surface area contributed by atoms with Crippen LogP contribution in [0.25, 0.3) is 0 Å². The molecule has 1 atom stereocenters. The molecule has 0 amide bonds. The average molecular weight is 491 g/mol. The summed E-state index contributed by atoms with van der Waals surface area (Å²) in [5, 5.41) is 8.17. The smallest absolute Gasteiger partial charge is 0.191 e. The molecule has 26 heavy (non-hydrogen) atoms. The third kappa shape index (κ3) is 6.34. The Hall–Kier alpha value is -0.410. The quantitative estimate of drug-likeness (QED) is 0.362. The van der Waals surface area contributed by atoms with E-state index in [1.54, 1.807) is 11.3 Å². The minimum atomic E-state index is 0. The molecule has 1 aliphatic carbocycles. The second kappa shape index (κ2) is 10.8. The van der Waals surface area contributed by atoms with Gasteiger partial charge in [-0.2, -0.15) is 0 Å². The van der Waals surface area contributed by atoms with Gasteiger partial charge in [0.2, 0.25) is 0 Å². The lowest BCUT2D eigenvalue weighted by atomic mass is 10.1. The van der Waals surface area contributed by atoms with Gasteiger partial charge in [-0.05, 0) is 46.0 Å². The first-order valence-corrected chi connectivity index (χ1v) is 10.7. The van der Waals surface area contributed by atoms with Crippen molar-refractivity contribution in [2.75, 3.05) is 26.2 Å². The third-order valence-corrected chi connectivity index (χ3v) is 6.39. The van der Waals surface area contributed by atoms with E-state index >= 15 is 0 Å². The summed E-state index contributed by atoms with van der Waals surface area (Å²) in [5.41, 5.74) is 1.12. The fourth-order valence-corrected chi connectivity index (χ4v) is 4.92. The summed E-state index contributed by atoms with van der Waals surface area (Å²) in [7, 11) is 0. The number of nitrogens with one attached hydrogen (secondary N) is 2. The molecule has 0 bridgehead atoms. The Bertz CT molecular complexity index is 582. The number of hydrogen-bond acceptors (Lipinski definition) is 4. The largest absolute Gasteiger partial charge is 0.357 e. The molecule has 3 rings (SSSR count). The van der Waals surface area contributed by atoms with Gasteiger partial charge in [0, 0.05) is 37.1 Å². The van der Waals surface area contributed by atoms with Gasteiger partial charge in [0.15, 0.2) is 5.96 Å². The average Bonchev–Trinajstić information content (AvgIpc) is 3.29. The minimum absolute atomic E-state index is 0. The Kier molecular flexibility index (Phi) is 9.09. The summed E-state index contributed by atoms with van der Waals surface area (Å²) in [6, 6.07) is 0.517. The first-order chi connectivity index (χ1) is 12.1. The van der Waals surface area contributed by atoms with Gasteiger partial charge in [0.05, 0.1) is 17.2 Å². The summed E-state index contributed by atoms with van der Waals surface area (Å²) < 4.78 is 0. The van der Waals surface area contributed by atoms with E-state index in [9.17, 15) is 0 Å². The van der Waals surface area contributed by atoms with Crippen LogP contribution < -0.4 is 10.6 Å². The summed E-state index contributed by atoms with van der Waals surface area (Å²) in [6.07, 6.45) is 6.97. The second-order valence-electron chi connectivity index (χ2n) is 7.48. The van der Waals surface area contributed by atoms with Crippen LogP contribution in [0.5, 0.6) is 0 Å². The minimum Gasteiger partial charge on any atom is -0.357 e. The zero-order valence-corrected chi connectivity index (χ0v) is 19.5. The lowest BCUT2D eigenvalue weighted by Gasteiger charge is -2.21. The molecule has 0 radical (unpaired) electrons. The number of nitrogens with zero attached hydrogens (tertiary/aromatic N) is 3. The molecule has 1 aromatic rings. The Labute approximate surface area is 179 Å². The second-order valence-corrected chi connectivity index (χ2v) is 8.76. The van der Waals surface area contributed by atoms with Crippen molar-refractivity contribution in [3.8, 4) is 0 Å². The zero-order chi connectivity index (χ0) is 17.6. The molecule has 1 saturated heterocycles. The maximum atomic E-state index is 4.80. The highest BCUT2D eigenvalue weighted by atomic mass is 127. The van der Waals surface area contributed by atoms with Crippen molar-refractivity contribution in [2.45, 2.75) is 65.5 Å². The maximum absolute atomic E-state index is 4.80. The van der Waals surface area contributed by atoms with Gasteiger partial charge < -0.3 is 15.5 Å². The lowest BCUT2D eigenvalue weighted by Crippen LogP contribution is -2.44. The van der Waals surface area contributed by atoms with Crippen molar-refractivity contribution in [3.63, 3.8) is 0 Å². The van der Waals surface area contributed by atoms with Crippen LogP contribution >= 0.6 is 35.3 Å². The molecule has 148 valence electrons. The Balaban J connectivity index is 0.00000243. The highest BCUT2D eigenvalue weighted by Gasteiger charge is 2.26. The van der Waals surface area contributed by atoms with Gasteiger partial charge in [0.25, 0.3) is 0 Å². The summed E-state index contributed by atoms with van der Waals surface area (Å²) in [4.78, 5) is 13.2. The van der Waals surface area contributed by atoms with Crippen molar-refractivity contribution in [2.24, 2.45) is 10.9 Å². The van der Waals surface area contributed by atoms with Gasteiger partial charge >= 0.3 is 0 Å². The van der Waals surface area contributed by atoms with Crippen LogP contribution in [0.4, 0.5) is 0 Å². The van der Waals surface area contributed by atoms with Gasteiger partial charge in [0.1, 0.15) is 0 Å². The Morgan fingerprint density at radius 3 is 2.69 bits per heavy atom. The van der Waals surface area contributed by atoms with Crippen molar-refractivity contribution < 1.29 is 0 Å². The molecule has 1 unspecified atom stereocenters. The zero-order valence-electron chi connectivity index (χ0n) is 16.4. The molecule has 1 aromatic heterocycles. The molecular weight excluding hydrogens is 457 g/mol. The van der Waals surface area contributed by atoms with E-state index in [4.69, 9.17) is 4.99 Å². The van der Waals surface area contributed by atoms with Crippen molar-refractivity contribution >= 4 is 41.3 Å². The first-order valence-electron chi connectivity index (χ1n) is 9.84. The van der Waals surface area contributed by atoms with Crippen LogP contribution in [0.1, 0.15) is 54.6 Å². The summed E-state index contributed by atoms with van der Waals surface area (Å²) in [5.74, 6) is 1.89. The molecular formula is C19H34IN5S. The highest BCUT2D eigenvalue weighted by Crippen LogP contribution is 2.26. The predicted molar refractivity (Wildman–Crippen MR) is 122 cm³/mol. The van der Waals surface area contributed by atoms with E-state index in [1.807, 2.05) is 0 Å². The van der Waals surface area contributed by atoms with Gasteiger partial charge in [-0.3, -0.25) is 0 Å². The number of aryl methyl sites for hydroxylation is 2. The first kappa shape index (κ1) is 21.9. The molecule has 2 aliphatic rings. The lowest BCUT2D eigenvalue weighted by molar-refractivity contribution is 0.275. The SMILES string of the molecule is CCNC(=NCc1sc(C)nc1C)NC1CCN(CC2CCCC2)C1.I. The molecule has 1 aliphatic heterocycles. The number of halogens is 1. The van der Waals surface area contributed by atoms with Crippen LogP contribution in [-0.2, 0) is 6.54 Å². The standard InChI is InChI=1S/C19H33N5S.HI/c1-4-20-19(21-11-18-14(2)22-15(3)25-18)23-17-9-10-24(13-17)12-16-7-5-6-8-16;/h16-17H,4-13H2,1-3H3,(H2,20,21,23);1H. The molecule has 2 N–H and O–H groups in total. The Morgan fingerprint density at radius 1 is 1.27 bits per heavy atom.